The first-order valence-corrected chi connectivity index (χ1v) is 21.1. The number of carbonyl (C=O) groups is 2. The highest BCUT2D eigenvalue weighted by Crippen LogP contribution is 2.30. The van der Waals surface area contributed by atoms with Crippen LogP contribution in [0.15, 0.2) is 134 Å². The number of anilines is 2. The zero-order chi connectivity index (χ0) is 43.0. The van der Waals surface area contributed by atoms with Crippen LogP contribution in [0.5, 0.6) is 0 Å². The molecule has 0 radical (unpaired) electrons. The summed E-state index contributed by atoms with van der Waals surface area (Å²) in [6.07, 6.45) is 0.535. The van der Waals surface area contributed by atoms with Gasteiger partial charge in [-0.15, -0.1) is 0 Å². The number of carbonyl (C=O) groups excluding carboxylic acids is 2. The van der Waals surface area contributed by atoms with Crippen LogP contribution < -0.4 is 9.80 Å². The Kier molecular flexibility index (Phi) is 13.6. The maximum absolute atomic E-state index is 14.9. The van der Waals surface area contributed by atoms with E-state index < -0.39 is 23.7 Å². The minimum absolute atomic E-state index is 0.0584. The molecule has 0 spiro atoms. The molecule has 7 rings (SSSR count). The van der Waals surface area contributed by atoms with E-state index in [9.17, 15) is 22.8 Å². The summed E-state index contributed by atoms with van der Waals surface area (Å²) < 4.78 is 40.0. The monoisotopic (exact) mass is 828 g/mol. The lowest BCUT2D eigenvalue weighted by Crippen LogP contribution is -2.56. The van der Waals surface area contributed by atoms with Crippen molar-refractivity contribution in [1.82, 2.24) is 19.7 Å². The first kappa shape index (κ1) is 43.2. The van der Waals surface area contributed by atoms with Crippen molar-refractivity contribution in [3.05, 3.63) is 167 Å². The topological polar surface area (TPSA) is 63.2 Å². The molecule has 2 amide bonds. The predicted octanol–water partition coefficient (Wildman–Crippen LogP) is 8.72. The third-order valence-corrected chi connectivity index (χ3v) is 11.7. The van der Waals surface area contributed by atoms with Crippen molar-refractivity contribution in [2.24, 2.45) is 0 Å². The summed E-state index contributed by atoms with van der Waals surface area (Å²) in [7, 11) is 0. The van der Waals surface area contributed by atoms with Crippen molar-refractivity contribution >= 4 is 29.4 Å². The van der Waals surface area contributed by atoms with E-state index in [-0.39, 0.29) is 17.9 Å². The molecule has 0 saturated carbocycles. The SMILES string of the molecule is CC(C)(C)c1ccc(C[C@@H](C(=O)N2CCN(Cc3ccccc3)CC2)N(Cc2ccc(N3CCN(c4ccccn4)CC3)cc2)C(=O)C=Cc2ccc(C(F)(F)F)cc2)cc1. The van der Waals surface area contributed by atoms with Crippen LogP contribution in [0.3, 0.4) is 0 Å². The average Bonchev–Trinajstić information content (AvgIpc) is 3.27. The number of hydrogen-bond acceptors (Lipinski definition) is 6. The molecule has 1 atom stereocenters. The molecule has 318 valence electrons. The minimum atomic E-state index is -4.47. The zero-order valence-corrected chi connectivity index (χ0v) is 35.3. The smallest absolute Gasteiger partial charge is 0.368 e. The van der Waals surface area contributed by atoms with E-state index >= 15 is 0 Å². The molecule has 0 bridgehead atoms. The molecule has 61 heavy (non-hydrogen) atoms. The summed E-state index contributed by atoms with van der Waals surface area (Å²) in [5, 5.41) is 0. The Bertz CT molecular complexity index is 2210. The summed E-state index contributed by atoms with van der Waals surface area (Å²) >= 11 is 0. The maximum atomic E-state index is 14.9. The minimum Gasteiger partial charge on any atom is -0.368 e. The number of aromatic nitrogens is 1. The van der Waals surface area contributed by atoms with E-state index in [0.29, 0.717) is 38.2 Å². The lowest BCUT2D eigenvalue weighted by molar-refractivity contribution is -0.145. The fourth-order valence-corrected chi connectivity index (χ4v) is 8.01. The second kappa shape index (κ2) is 19.2. The second-order valence-electron chi connectivity index (χ2n) is 17.0. The van der Waals surface area contributed by atoms with E-state index in [4.69, 9.17) is 0 Å². The van der Waals surface area contributed by atoms with Gasteiger partial charge in [-0.3, -0.25) is 14.5 Å². The van der Waals surface area contributed by atoms with Crippen LogP contribution in [0, 0.1) is 0 Å². The van der Waals surface area contributed by atoms with E-state index in [1.807, 2.05) is 71.8 Å². The van der Waals surface area contributed by atoms with E-state index in [2.05, 4.69) is 76.9 Å². The molecule has 8 nitrogen and oxygen atoms in total. The van der Waals surface area contributed by atoms with Gasteiger partial charge in [0, 0.05) is 89.8 Å². The van der Waals surface area contributed by atoms with E-state index in [0.717, 1.165) is 67.5 Å². The summed E-state index contributed by atoms with van der Waals surface area (Å²) in [5.41, 5.74) is 4.88. The van der Waals surface area contributed by atoms with E-state index in [1.165, 1.54) is 35.4 Å². The molecule has 2 fully saturated rings. The van der Waals surface area contributed by atoms with Crippen LogP contribution in [-0.4, -0.2) is 89.9 Å². The Labute approximate surface area is 357 Å². The Morgan fingerprint density at radius 2 is 1.28 bits per heavy atom. The fourth-order valence-electron chi connectivity index (χ4n) is 8.01. The Morgan fingerprint density at radius 1 is 0.672 bits per heavy atom. The molecule has 2 aliphatic rings. The highest BCUT2D eigenvalue weighted by Gasteiger charge is 2.35. The number of piperazine rings is 2. The molecular weight excluding hydrogens is 774 g/mol. The normalized spacial score (nSPS) is 15.9. The quantitative estimate of drug-likeness (QED) is 0.117. The zero-order valence-electron chi connectivity index (χ0n) is 35.3. The highest BCUT2D eigenvalue weighted by molar-refractivity contribution is 5.96. The van der Waals surface area contributed by atoms with Gasteiger partial charge in [0.2, 0.25) is 11.8 Å². The lowest BCUT2D eigenvalue weighted by atomic mass is 9.86. The fraction of sp³-hybridized carbons (Fsp3) is 0.340. The summed E-state index contributed by atoms with van der Waals surface area (Å²) in [6.45, 7) is 13.2. The molecule has 1 aromatic heterocycles. The molecule has 5 aromatic rings. The molecule has 3 heterocycles. The van der Waals surface area contributed by atoms with Gasteiger partial charge in [0.25, 0.3) is 0 Å². The molecule has 4 aromatic carbocycles. The summed E-state index contributed by atoms with van der Waals surface area (Å²) in [4.78, 5) is 44.4. The van der Waals surface area contributed by atoms with Crippen molar-refractivity contribution in [3.63, 3.8) is 0 Å². The van der Waals surface area contributed by atoms with Gasteiger partial charge in [-0.2, -0.15) is 13.2 Å². The Balaban J connectivity index is 1.15. The van der Waals surface area contributed by atoms with Crippen molar-refractivity contribution in [2.45, 2.75) is 57.9 Å². The Hall–Kier alpha value is -5.94. The van der Waals surface area contributed by atoms with Crippen LogP contribution in [0.1, 0.15) is 54.2 Å². The third kappa shape index (κ3) is 11.5. The van der Waals surface area contributed by atoms with Gasteiger partial charge in [-0.1, -0.05) is 106 Å². The second-order valence-corrected chi connectivity index (χ2v) is 17.0. The van der Waals surface area contributed by atoms with Gasteiger partial charge in [-0.05, 0) is 75.7 Å². The van der Waals surface area contributed by atoms with Crippen molar-refractivity contribution in [2.75, 3.05) is 62.2 Å². The molecule has 2 aliphatic heterocycles. The standard InChI is InChI=1S/C50H55F3N6O2/c1-49(2,3)42-19-14-39(15-20-42)35-45(48(61)58-29-27-55(28-30-58)36-40-9-5-4-6-10-40)59(47(60)25-18-38-12-21-43(22-13-38)50(51,52)53)37-41-16-23-44(24-17-41)56-31-33-57(34-32-56)46-11-7-8-26-54-46/h4-26,45H,27-37H2,1-3H3/t45-/m0/s1. The molecule has 0 aliphatic carbocycles. The molecule has 0 unspecified atom stereocenters. The predicted molar refractivity (Wildman–Crippen MR) is 237 cm³/mol. The molecule has 0 N–H and O–H groups in total. The van der Waals surface area contributed by atoms with Gasteiger partial charge >= 0.3 is 6.18 Å². The van der Waals surface area contributed by atoms with E-state index in [1.54, 1.807) is 4.90 Å². The first-order valence-electron chi connectivity index (χ1n) is 21.1. The highest BCUT2D eigenvalue weighted by atomic mass is 19.4. The number of rotatable bonds is 12. The third-order valence-electron chi connectivity index (χ3n) is 11.7. The largest absolute Gasteiger partial charge is 0.416 e. The van der Waals surface area contributed by atoms with Gasteiger partial charge in [0.05, 0.1) is 5.56 Å². The Morgan fingerprint density at radius 3 is 1.89 bits per heavy atom. The van der Waals surface area contributed by atoms with Crippen molar-refractivity contribution in [1.29, 1.82) is 0 Å². The summed E-state index contributed by atoms with van der Waals surface area (Å²) in [6, 6.07) is 36.5. The average molecular weight is 829 g/mol. The van der Waals surface area contributed by atoms with Crippen LogP contribution in [0.2, 0.25) is 0 Å². The van der Waals surface area contributed by atoms with Crippen LogP contribution in [0.4, 0.5) is 24.7 Å². The van der Waals surface area contributed by atoms with Gasteiger partial charge < -0.3 is 19.6 Å². The van der Waals surface area contributed by atoms with Crippen LogP contribution >= 0.6 is 0 Å². The molecule has 11 heteroatoms. The van der Waals surface area contributed by atoms with Crippen molar-refractivity contribution in [3.8, 4) is 0 Å². The molecule has 2 saturated heterocycles. The van der Waals surface area contributed by atoms with Gasteiger partial charge in [0.1, 0.15) is 11.9 Å². The summed E-state index contributed by atoms with van der Waals surface area (Å²) in [5.74, 6) is 0.442. The number of hydrogen-bond donors (Lipinski definition) is 0. The van der Waals surface area contributed by atoms with Gasteiger partial charge in [0.15, 0.2) is 0 Å². The van der Waals surface area contributed by atoms with Crippen molar-refractivity contribution < 1.29 is 22.8 Å². The number of amides is 2. The lowest BCUT2D eigenvalue weighted by Gasteiger charge is -2.39. The molecular formula is C50H55F3N6O2. The van der Waals surface area contributed by atoms with Crippen LogP contribution in [0.25, 0.3) is 6.08 Å². The number of alkyl halides is 3. The number of benzene rings is 4. The van der Waals surface area contributed by atoms with Crippen LogP contribution in [-0.2, 0) is 40.7 Å². The number of pyridine rings is 1. The number of halogens is 3. The number of nitrogens with zero attached hydrogens (tertiary/aromatic N) is 6. The maximum Gasteiger partial charge on any atom is 0.416 e. The first-order chi connectivity index (χ1) is 29.3. The van der Waals surface area contributed by atoms with Gasteiger partial charge in [-0.25, -0.2) is 4.98 Å².